The molecule has 0 N–H and O–H groups in total. The van der Waals surface area contributed by atoms with Gasteiger partial charge in [-0.25, -0.2) is 4.79 Å². The standard InChI is InChI=1S/C29H43NO4Si/c1-27(2,3)33-26(31)30-21-24(34-35(8,9)28(4,5)6)20-25(30)29(32-7,22-16-12-10-13-17-22)23-18-14-11-15-19-23/h10-19,24-25H,20-21H2,1-9H3/t24-,25+/m1/s1. The van der Waals surface area contributed by atoms with Crippen molar-refractivity contribution < 1.29 is 18.7 Å². The molecule has 1 aliphatic rings. The molecular formula is C29H43NO4Si. The van der Waals surface area contributed by atoms with Gasteiger partial charge in [0.05, 0.1) is 12.1 Å². The van der Waals surface area contributed by atoms with E-state index in [2.05, 4.69) is 58.1 Å². The first-order valence-corrected chi connectivity index (χ1v) is 15.5. The molecule has 1 heterocycles. The molecule has 0 saturated carbocycles. The van der Waals surface area contributed by atoms with Crippen LogP contribution >= 0.6 is 0 Å². The van der Waals surface area contributed by atoms with E-state index in [1.165, 1.54) is 0 Å². The molecule has 192 valence electrons. The Morgan fingerprint density at radius 1 is 0.886 bits per heavy atom. The van der Waals surface area contributed by atoms with Crippen LogP contribution in [0.3, 0.4) is 0 Å². The van der Waals surface area contributed by atoms with Gasteiger partial charge in [0.1, 0.15) is 11.2 Å². The van der Waals surface area contributed by atoms with Gasteiger partial charge in [0.15, 0.2) is 8.32 Å². The molecule has 0 bridgehead atoms. The van der Waals surface area contributed by atoms with E-state index in [0.29, 0.717) is 13.0 Å². The van der Waals surface area contributed by atoms with E-state index in [9.17, 15) is 4.79 Å². The first kappa shape index (κ1) is 27.4. The summed E-state index contributed by atoms with van der Waals surface area (Å²) in [6, 6.07) is 20.1. The number of methoxy groups -OCH3 is 1. The Hall–Kier alpha value is -2.15. The van der Waals surface area contributed by atoms with E-state index in [4.69, 9.17) is 13.9 Å². The predicted octanol–water partition coefficient (Wildman–Crippen LogP) is 6.98. The van der Waals surface area contributed by atoms with Crippen molar-refractivity contribution in [3.05, 3.63) is 71.8 Å². The molecule has 35 heavy (non-hydrogen) atoms. The van der Waals surface area contributed by atoms with Gasteiger partial charge in [-0.2, -0.15) is 0 Å². The van der Waals surface area contributed by atoms with Crippen LogP contribution in [0.2, 0.25) is 18.1 Å². The van der Waals surface area contributed by atoms with Crippen LogP contribution < -0.4 is 0 Å². The van der Waals surface area contributed by atoms with Gasteiger partial charge in [-0.05, 0) is 56.5 Å². The van der Waals surface area contributed by atoms with Crippen molar-refractivity contribution in [1.82, 2.24) is 4.90 Å². The minimum Gasteiger partial charge on any atom is -0.444 e. The topological polar surface area (TPSA) is 48.0 Å². The summed E-state index contributed by atoms with van der Waals surface area (Å²) in [6.45, 7) is 17.4. The van der Waals surface area contributed by atoms with Crippen LogP contribution in [0.25, 0.3) is 0 Å². The van der Waals surface area contributed by atoms with Gasteiger partial charge in [-0.15, -0.1) is 0 Å². The van der Waals surface area contributed by atoms with Gasteiger partial charge >= 0.3 is 6.09 Å². The average Bonchev–Trinajstić information content (AvgIpc) is 3.18. The lowest BCUT2D eigenvalue weighted by molar-refractivity contribution is -0.0499. The molecule has 2 aromatic rings. The number of benzene rings is 2. The Balaban J connectivity index is 2.13. The molecule has 2 atom stereocenters. The van der Waals surface area contributed by atoms with Crippen LogP contribution in [0.15, 0.2) is 60.7 Å². The summed E-state index contributed by atoms with van der Waals surface area (Å²) >= 11 is 0. The van der Waals surface area contributed by atoms with E-state index in [1.54, 1.807) is 7.11 Å². The van der Waals surface area contributed by atoms with Gasteiger partial charge in [0, 0.05) is 13.7 Å². The van der Waals surface area contributed by atoms with Crippen LogP contribution in [-0.4, -0.2) is 50.7 Å². The van der Waals surface area contributed by atoms with Crippen molar-refractivity contribution >= 4 is 14.4 Å². The van der Waals surface area contributed by atoms with Gasteiger partial charge in [0.25, 0.3) is 0 Å². The number of amides is 1. The lowest BCUT2D eigenvalue weighted by Crippen LogP contribution is -2.52. The summed E-state index contributed by atoms with van der Waals surface area (Å²) in [5.74, 6) is 0. The molecule has 0 spiro atoms. The number of likely N-dealkylation sites (tertiary alicyclic amines) is 1. The number of hydrogen-bond donors (Lipinski definition) is 0. The Labute approximate surface area is 212 Å². The number of hydrogen-bond acceptors (Lipinski definition) is 4. The Kier molecular flexibility index (Phi) is 7.90. The monoisotopic (exact) mass is 497 g/mol. The molecular weight excluding hydrogens is 454 g/mol. The fourth-order valence-corrected chi connectivity index (χ4v) is 6.04. The maximum absolute atomic E-state index is 13.6. The summed E-state index contributed by atoms with van der Waals surface area (Å²) < 4.78 is 19.2. The molecule has 2 aromatic carbocycles. The maximum Gasteiger partial charge on any atom is 0.410 e. The third-order valence-corrected chi connectivity index (χ3v) is 11.9. The molecule has 0 radical (unpaired) electrons. The van der Waals surface area contributed by atoms with E-state index in [-0.39, 0.29) is 23.3 Å². The fourth-order valence-electron chi connectivity index (χ4n) is 4.68. The lowest BCUT2D eigenvalue weighted by Gasteiger charge is -2.43. The van der Waals surface area contributed by atoms with E-state index >= 15 is 0 Å². The largest absolute Gasteiger partial charge is 0.444 e. The predicted molar refractivity (Wildman–Crippen MR) is 144 cm³/mol. The van der Waals surface area contributed by atoms with Crippen LogP contribution in [0, 0.1) is 0 Å². The van der Waals surface area contributed by atoms with Gasteiger partial charge in [-0.3, -0.25) is 4.90 Å². The zero-order chi connectivity index (χ0) is 26.1. The minimum atomic E-state index is -2.06. The molecule has 0 unspecified atom stereocenters. The highest BCUT2D eigenvalue weighted by Gasteiger charge is 2.54. The summed E-state index contributed by atoms with van der Waals surface area (Å²) in [5, 5.41) is 0.0685. The smallest absolute Gasteiger partial charge is 0.410 e. The van der Waals surface area contributed by atoms with Gasteiger partial charge in [-0.1, -0.05) is 81.4 Å². The number of rotatable bonds is 6. The van der Waals surface area contributed by atoms with Crippen molar-refractivity contribution in [3.8, 4) is 0 Å². The maximum atomic E-state index is 13.6. The van der Waals surface area contributed by atoms with Crippen molar-refractivity contribution in [2.24, 2.45) is 0 Å². The molecule has 1 amide bonds. The lowest BCUT2D eigenvalue weighted by atomic mass is 9.78. The van der Waals surface area contributed by atoms with Crippen molar-refractivity contribution in [2.75, 3.05) is 13.7 Å². The fraction of sp³-hybridized carbons (Fsp3) is 0.552. The molecule has 5 nitrogen and oxygen atoms in total. The molecule has 6 heteroatoms. The second-order valence-corrected chi connectivity index (χ2v) is 16.8. The second-order valence-electron chi connectivity index (χ2n) is 12.1. The molecule has 1 fully saturated rings. The highest BCUT2D eigenvalue weighted by molar-refractivity contribution is 6.74. The summed E-state index contributed by atoms with van der Waals surface area (Å²) in [4.78, 5) is 15.4. The molecule has 0 aliphatic carbocycles. The molecule has 3 rings (SSSR count). The molecule has 1 aliphatic heterocycles. The zero-order valence-electron chi connectivity index (χ0n) is 22.9. The number of carbonyl (C=O) groups excluding carboxylic acids is 1. The number of nitrogens with zero attached hydrogens (tertiary/aromatic N) is 1. The zero-order valence-corrected chi connectivity index (χ0v) is 23.9. The first-order valence-electron chi connectivity index (χ1n) is 12.5. The Morgan fingerprint density at radius 2 is 1.37 bits per heavy atom. The third kappa shape index (κ3) is 5.82. The quantitative estimate of drug-likeness (QED) is 0.404. The highest BCUT2D eigenvalue weighted by atomic mass is 28.4. The third-order valence-electron chi connectivity index (χ3n) is 7.35. The minimum absolute atomic E-state index is 0.0685. The molecule has 0 aromatic heterocycles. The van der Waals surface area contributed by atoms with Gasteiger partial charge < -0.3 is 13.9 Å². The van der Waals surface area contributed by atoms with Crippen LogP contribution in [0.5, 0.6) is 0 Å². The van der Waals surface area contributed by atoms with E-state index in [1.807, 2.05) is 62.1 Å². The highest BCUT2D eigenvalue weighted by Crippen LogP contribution is 2.46. The Bertz CT molecular complexity index is 940. The van der Waals surface area contributed by atoms with Crippen molar-refractivity contribution in [3.63, 3.8) is 0 Å². The van der Waals surface area contributed by atoms with E-state index < -0.39 is 19.5 Å². The van der Waals surface area contributed by atoms with Crippen molar-refractivity contribution in [2.45, 2.75) is 89.4 Å². The summed E-state index contributed by atoms with van der Waals surface area (Å²) in [7, 11) is -0.327. The Morgan fingerprint density at radius 3 is 1.77 bits per heavy atom. The normalized spacial score (nSPS) is 19.6. The summed E-state index contributed by atoms with van der Waals surface area (Å²) in [5.41, 5.74) is 0.528. The van der Waals surface area contributed by atoms with Crippen molar-refractivity contribution in [1.29, 1.82) is 0 Å². The summed E-state index contributed by atoms with van der Waals surface area (Å²) in [6.07, 6.45) is 0.219. The second kappa shape index (κ2) is 10.1. The number of carbonyl (C=O) groups is 1. The number of ether oxygens (including phenoxy) is 2. The average molecular weight is 498 g/mol. The molecule has 1 saturated heterocycles. The van der Waals surface area contributed by atoms with Crippen LogP contribution in [0.4, 0.5) is 4.79 Å². The SMILES string of the molecule is COC(c1ccccc1)(c1ccccc1)[C@@H]1C[C@@H](O[Si](C)(C)C(C)(C)C)CN1C(=O)OC(C)(C)C. The van der Waals surface area contributed by atoms with Crippen LogP contribution in [0.1, 0.15) is 59.1 Å². The first-order chi connectivity index (χ1) is 16.2. The van der Waals surface area contributed by atoms with Gasteiger partial charge in [0.2, 0.25) is 0 Å². The van der Waals surface area contributed by atoms with Crippen LogP contribution in [-0.2, 0) is 19.5 Å². The van der Waals surface area contributed by atoms with E-state index in [0.717, 1.165) is 11.1 Å².